The highest BCUT2D eigenvalue weighted by Gasteiger charge is 2.41. The maximum absolute atomic E-state index is 7.11. The first kappa shape index (κ1) is 48.5. The van der Waals surface area contributed by atoms with E-state index >= 15 is 0 Å². The fourth-order valence-corrected chi connectivity index (χ4v) is 13.9. The van der Waals surface area contributed by atoms with Gasteiger partial charge < -0.3 is 14.5 Å². The summed E-state index contributed by atoms with van der Waals surface area (Å²) >= 11 is 0. The lowest BCUT2D eigenvalue weighted by atomic mass is 9.62. The first-order valence-corrected chi connectivity index (χ1v) is 28.0. The van der Waals surface area contributed by atoms with E-state index in [0.29, 0.717) is 6.67 Å². The number of ether oxygens (including phenoxy) is 1. The molecule has 0 spiro atoms. The molecule has 7 aromatic carbocycles. The minimum Gasteiger partial charge on any atom is -0.457 e. The zero-order chi connectivity index (χ0) is 53.1. The molecule has 0 saturated carbocycles. The topological polar surface area (TPSA) is 33.5 Å². The molecule has 0 saturated heterocycles. The second-order valence-electron chi connectivity index (χ2n) is 27.0. The maximum atomic E-state index is 7.11. The number of hydrogen-bond acceptors (Lipinski definition) is 4. The Bertz CT molecular complexity index is 3770. The molecule has 0 N–H and O–H groups in total. The van der Waals surface area contributed by atoms with Gasteiger partial charge in [-0.25, -0.2) is 4.98 Å². The highest BCUT2D eigenvalue weighted by molar-refractivity contribution is 6.16. The Kier molecular flexibility index (Phi) is 10.5. The predicted molar refractivity (Wildman–Crippen MR) is 319 cm³/mol. The zero-order valence-electron chi connectivity index (χ0n) is 47.2. The number of para-hydroxylation sites is 3. The number of hydrogen-bond donors (Lipinski definition) is 0. The minimum absolute atomic E-state index is 0.0172. The van der Waals surface area contributed by atoms with Crippen LogP contribution in [0.15, 0.2) is 152 Å². The summed E-state index contributed by atoms with van der Waals surface area (Å²) in [6.45, 7) is 31.6. The molecule has 5 heteroatoms. The van der Waals surface area contributed by atoms with Gasteiger partial charge in [-0.1, -0.05) is 175 Å². The minimum atomic E-state index is -0.195. The average Bonchev–Trinajstić information content (AvgIpc) is 4.05. The normalized spacial score (nSPS) is 18.3. The number of rotatable bonds is 7. The molecular weight excluding hydrogens is 925 g/mol. The molecule has 0 bridgehead atoms. The van der Waals surface area contributed by atoms with E-state index in [-0.39, 0.29) is 32.5 Å². The van der Waals surface area contributed by atoms with Crippen molar-refractivity contribution in [1.29, 1.82) is 0 Å². The van der Waals surface area contributed by atoms with E-state index in [1.54, 1.807) is 0 Å². The van der Waals surface area contributed by atoms with E-state index in [1.807, 2.05) is 6.20 Å². The molecule has 76 heavy (non-hydrogen) atoms. The van der Waals surface area contributed by atoms with Crippen molar-refractivity contribution in [2.45, 2.75) is 148 Å². The molecule has 2 aromatic heterocycles. The Balaban J connectivity index is 0.929. The molecular formula is C71H74N4O. The molecule has 3 aliphatic carbocycles. The largest absolute Gasteiger partial charge is 0.457 e. The van der Waals surface area contributed by atoms with E-state index < -0.39 is 0 Å². The number of aromatic nitrogens is 2. The van der Waals surface area contributed by atoms with Crippen LogP contribution in [0.3, 0.4) is 0 Å². The summed E-state index contributed by atoms with van der Waals surface area (Å²) in [5, 5.41) is 2.61. The molecule has 0 atom stereocenters. The number of anilines is 4. The van der Waals surface area contributed by atoms with Crippen LogP contribution in [0.2, 0.25) is 0 Å². The Labute approximate surface area is 451 Å². The van der Waals surface area contributed by atoms with Crippen molar-refractivity contribution >= 4 is 44.6 Å². The number of benzene rings is 7. The van der Waals surface area contributed by atoms with E-state index in [1.165, 1.54) is 120 Å². The van der Waals surface area contributed by atoms with Crippen molar-refractivity contribution in [2.24, 2.45) is 0 Å². The summed E-state index contributed by atoms with van der Waals surface area (Å²) in [6.07, 6.45) is 6.68. The standard InChI is InChI=1S/C71H74N4O/c1-66(2,3)46-31-36-72-62(39-46)75-60-26-18-23-54-63(60)64-57(71(54,12)13)41-49(42-61(64)75)76-48-20-16-19-47(40-48)73-43-74(59-25-15-14-24-58(59)73)65-50(44-27-29-52-55(37-44)69(8,9)34-32-67(52,4)5)21-17-22-51(65)45-28-30-53-56(38-45)70(10,11)35-33-68(53,6)7/h14-31,36-42H,32-35,43H2,1-13H3. The van der Waals surface area contributed by atoms with E-state index in [4.69, 9.17) is 9.72 Å². The Morgan fingerprint density at radius 1 is 0.461 bits per heavy atom. The van der Waals surface area contributed by atoms with Crippen LogP contribution in [0, 0.1) is 0 Å². The third-order valence-corrected chi connectivity index (χ3v) is 18.8. The molecule has 9 aromatic rings. The molecule has 1 aliphatic heterocycles. The van der Waals surface area contributed by atoms with Crippen LogP contribution < -0.4 is 14.5 Å². The van der Waals surface area contributed by atoms with E-state index in [2.05, 4.69) is 250 Å². The Morgan fingerprint density at radius 3 is 1.64 bits per heavy atom. The van der Waals surface area contributed by atoms with Gasteiger partial charge in [0.1, 0.15) is 24.0 Å². The van der Waals surface area contributed by atoms with Gasteiger partial charge in [0.2, 0.25) is 0 Å². The van der Waals surface area contributed by atoms with Crippen molar-refractivity contribution in [3.05, 3.63) is 191 Å². The Morgan fingerprint density at radius 2 is 1.03 bits per heavy atom. The Hall–Kier alpha value is -7.11. The van der Waals surface area contributed by atoms with Gasteiger partial charge >= 0.3 is 0 Å². The second kappa shape index (κ2) is 16.4. The molecule has 0 radical (unpaired) electrons. The predicted octanol–water partition coefficient (Wildman–Crippen LogP) is 19.2. The second-order valence-corrected chi connectivity index (χ2v) is 27.0. The quantitative estimate of drug-likeness (QED) is 0.159. The van der Waals surface area contributed by atoms with Gasteiger partial charge in [0.25, 0.3) is 0 Å². The van der Waals surface area contributed by atoms with Crippen LogP contribution in [-0.2, 0) is 32.5 Å². The molecule has 4 aliphatic rings. The van der Waals surface area contributed by atoms with Crippen LogP contribution in [0.5, 0.6) is 11.5 Å². The highest BCUT2D eigenvalue weighted by Crippen LogP contribution is 2.56. The smallest absolute Gasteiger partial charge is 0.137 e. The lowest BCUT2D eigenvalue weighted by Crippen LogP contribution is -2.33. The van der Waals surface area contributed by atoms with Gasteiger partial charge in [-0.15, -0.1) is 0 Å². The average molecular weight is 999 g/mol. The van der Waals surface area contributed by atoms with Gasteiger partial charge in [-0.2, -0.15) is 0 Å². The summed E-state index contributed by atoms with van der Waals surface area (Å²) in [6, 6.07) is 55.2. The molecule has 384 valence electrons. The fraction of sp³-hybridized carbons (Fsp3) is 0.338. The number of fused-ring (bicyclic) bond motifs is 3. The summed E-state index contributed by atoms with van der Waals surface area (Å²) in [5.41, 5.74) is 22.0. The third kappa shape index (κ3) is 7.42. The van der Waals surface area contributed by atoms with Crippen molar-refractivity contribution in [1.82, 2.24) is 9.55 Å². The van der Waals surface area contributed by atoms with Crippen LogP contribution in [0.4, 0.5) is 22.7 Å². The monoisotopic (exact) mass is 999 g/mol. The molecule has 0 unspecified atom stereocenters. The molecule has 0 amide bonds. The van der Waals surface area contributed by atoms with E-state index in [0.717, 1.165) is 28.5 Å². The summed E-state index contributed by atoms with van der Waals surface area (Å²) in [7, 11) is 0. The summed E-state index contributed by atoms with van der Waals surface area (Å²) < 4.78 is 9.46. The van der Waals surface area contributed by atoms with Crippen molar-refractivity contribution in [2.75, 3.05) is 16.5 Å². The van der Waals surface area contributed by atoms with Crippen molar-refractivity contribution in [3.63, 3.8) is 0 Å². The van der Waals surface area contributed by atoms with Gasteiger partial charge in [0.15, 0.2) is 0 Å². The van der Waals surface area contributed by atoms with E-state index in [9.17, 15) is 0 Å². The summed E-state index contributed by atoms with van der Waals surface area (Å²) in [4.78, 5) is 10.1. The molecule has 0 fully saturated rings. The molecule has 3 heterocycles. The van der Waals surface area contributed by atoms with Crippen molar-refractivity contribution < 1.29 is 4.74 Å². The van der Waals surface area contributed by atoms with Gasteiger partial charge in [-0.05, 0) is 151 Å². The molecule has 13 rings (SSSR count). The summed E-state index contributed by atoms with van der Waals surface area (Å²) in [5.74, 6) is 2.54. The van der Waals surface area contributed by atoms with Crippen molar-refractivity contribution in [3.8, 4) is 39.6 Å². The lowest BCUT2D eigenvalue weighted by molar-refractivity contribution is 0.332. The lowest BCUT2D eigenvalue weighted by Gasteiger charge is -2.42. The highest BCUT2D eigenvalue weighted by atomic mass is 16.5. The van der Waals surface area contributed by atoms with Gasteiger partial charge in [0, 0.05) is 51.3 Å². The molecule has 5 nitrogen and oxygen atoms in total. The fourth-order valence-electron chi connectivity index (χ4n) is 13.9. The maximum Gasteiger partial charge on any atom is 0.137 e. The SMILES string of the molecule is CC(C)(C)c1ccnc(-n2c3cccc4c3c3c(cc(Oc5cccc(N6CN(c7c(-c8ccc9c(c8)C(C)(C)CCC9(C)C)cccc7-c7ccc8c(c7)C(C)(C)CCC8(C)C)c7ccccc76)c5)cc32)C4(C)C)c1. The van der Waals surface area contributed by atoms with Gasteiger partial charge in [-0.3, -0.25) is 4.57 Å². The van der Waals surface area contributed by atoms with Gasteiger partial charge in [0.05, 0.1) is 28.1 Å². The third-order valence-electron chi connectivity index (χ3n) is 18.8. The first-order valence-electron chi connectivity index (χ1n) is 28.0. The van der Waals surface area contributed by atoms with Crippen LogP contribution >= 0.6 is 0 Å². The van der Waals surface area contributed by atoms with Crippen LogP contribution in [-0.4, -0.2) is 16.2 Å². The van der Waals surface area contributed by atoms with Crippen LogP contribution in [0.1, 0.15) is 155 Å². The zero-order valence-corrected chi connectivity index (χ0v) is 47.2. The number of pyridine rings is 1. The number of nitrogens with zero attached hydrogens (tertiary/aromatic N) is 4. The van der Waals surface area contributed by atoms with Crippen LogP contribution in [0.25, 0.3) is 49.9 Å². The first-order chi connectivity index (χ1) is 36.0.